The first-order valence-electron chi connectivity index (χ1n) is 6.19. The van der Waals surface area contributed by atoms with Gasteiger partial charge in [-0.2, -0.15) is 0 Å². The Hall–Kier alpha value is -1.87. The van der Waals surface area contributed by atoms with Crippen LogP contribution in [-0.2, 0) is 19.1 Å². The third kappa shape index (κ3) is 5.02. The summed E-state index contributed by atoms with van der Waals surface area (Å²) in [6.07, 6.45) is 0. The smallest absolute Gasteiger partial charge is 0.329 e. The molecule has 0 radical (unpaired) electrons. The molecule has 3 amide bonds. The predicted molar refractivity (Wildman–Crippen MR) is 67.2 cm³/mol. The topological polar surface area (TPSA) is 117 Å². The first kappa shape index (κ1) is 16.2. The Bertz CT molecular complexity index is 362. The summed E-state index contributed by atoms with van der Waals surface area (Å²) >= 11 is 0. The monoisotopic (exact) mass is 289 g/mol. The molecule has 0 aromatic carbocycles. The van der Waals surface area contributed by atoms with E-state index in [0.717, 1.165) is 0 Å². The number of carboxylic acids is 1. The van der Waals surface area contributed by atoms with Crippen LogP contribution in [-0.4, -0.2) is 80.5 Å². The Kier molecular flexibility index (Phi) is 6.74. The van der Waals surface area contributed by atoms with E-state index < -0.39 is 24.6 Å². The molecule has 0 spiro atoms. The van der Waals surface area contributed by atoms with Gasteiger partial charge in [-0.05, 0) is 0 Å². The quantitative estimate of drug-likeness (QED) is 0.499. The molecular formula is C11H19N3O6. The van der Waals surface area contributed by atoms with Crippen molar-refractivity contribution in [2.75, 3.05) is 46.6 Å². The maximum absolute atomic E-state index is 11.9. The highest BCUT2D eigenvalue weighted by Crippen LogP contribution is 2.07. The summed E-state index contributed by atoms with van der Waals surface area (Å²) in [6.45, 7) is 0.699. The molecule has 114 valence electrons. The van der Waals surface area contributed by atoms with Crippen molar-refractivity contribution in [3.63, 3.8) is 0 Å². The second-order valence-corrected chi connectivity index (χ2v) is 4.08. The van der Waals surface area contributed by atoms with Gasteiger partial charge in [-0.1, -0.05) is 0 Å². The van der Waals surface area contributed by atoms with Gasteiger partial charge >= 0.3 is 12.0 Å². The van der Waals surface area contributed by atoms with E-state index >= 15 is 0 Å². The first-order valence-corrected chi connectivity index (χ1v) is 6.19. The Balaban J connectivity index is 2.36. The number of nitrogens with zero attached hydrogens (tertiary/aromatic N) is 1. The highest BCUT2D eigenvalue weighted by molar-refractivity contribution is 5.87. The summed E-state index contributed by atoms with van der Waals surface area (Å²) < 4.78 is 9.97. The molecule has 0 aromatic rings. The van der Waals surface area contributed by atoms with Gasteiger partial charge in [-0.15, -0.1) is 0 Å². The van der Waals surface area contributed by atoms with E-state index in [4.69, 9.17) is 14.6 Å². The van der Waals surface area contributed by atoms with E-state index in [1.54, 1.807) is 0 Å². The van der Waals surface area contributed by atoms with Gasteiger partial charge in [0.25, 0.3) is 0 Å². The molecule has 1 aliphatic heterocycles. The third-order valence-electron chi connectivity index (χ3n) is 2.69. The molecule has 3 N–H and O–H groups in total. The van der Waals surface area contributed by atoms with Gasteiger partial charge in [0, 0.05) is 20.1 Å². The first-order chi connectivity index (χ1) is 9.56. The molecule has 1 atom stereocenters. The molecule has 1 heterocycles. The lowest BCUT2D eigenvalue weighted by Gasteiger charge is -2.34. The Morgan fingerprint density at radius 2 is 2.20 bits per heavy atom. The molecule has 1 aliphatic rings. The van der Waals surface area contributed by atoms with Crippen LogP contribution in [0.2, 0.25) is 0 Å². The molecule has 1 saturated heterocycles. The highest BCUT2D eigenvalue weighted by atomic mass is 16.5. The number of likely N-dealkylation sites (N-methyl/N-ethyl adjacent to an activating group) is 1. The van der Waals surface area contributed by atoms with Gasteiger partial charge in [0.2, 0.25) is 5.91 Å². The van der Waals surface area contributed by atoms with Crippen molar-refractivity contribution in [3.05, 3.63) is 0 Å². The fourth-order valence-corrected chi connectivity index (χ4v) is 1.72. The average Bonchev–Trinajstić information content (AvgIpc) is 2.45. The van der Waals surface area contributed by atoms with E-state index in [2.05, 4.69) is 10.6 Å². The zero-order valence-electron chi connectivity index (χ0n) is 11.3. The van der Waals surface area contributed by atoms with Crippen molar-refractivity contribution in [3.8, 4) is 0 Å². The van der Waals surface area contributed by atoms with E-state index in [1.165, 1.54) is 11.9 Å². The van der Waals surface area contributed by atoms with Crippen LogP contribution < -0.4 is 10.6 Å². The molecule has 0 aromatic heterocycles. The maximum atomic E-state index is 11.9. The van der Waals surface area contributed by atoms with Gasteiger partial charge in [-0.3, -0.25) is 4.79 Å². The zero-order valence-corrected chi connectivity index (χ0v) is 11.3. The number of hydrogen-bond donors (Lipinski definition) is 3. The normalized spacial score (nSPS) is 18.4. The summed E-state index contributed by atoms with van der Waals surface area (Å²) in [7, 11) is 1.49. The molecule has 9 heteroatoms. The molecule has 0 bridgehead atoms. The third-order valence-corrected chi connectivity index (χ3v) is 2.69. The van der Waals surface area contributed by atoms with Crippen LogP contribution in [0.5, 0.6) is 0 Å². The minimum absolute atomic E-state index is 0.0903. The highest BCUT2D eigenvalue weighted by Gasteiger charge is 2.32. The number of amides is 3. The van der Waals surface area contributed by atoms with Crippen LogP contribution in [0.25, 0.3) is 0 Å². The molecular weight excluding hydrogens is 270 g/mol. The Morgan fingerprint density at radius 3 is 2.85 bits per heavy atom. The predicted octanol–water partition coefficient (Wildman–Crippen LogP) is -1.76. The number of morpholine rings is 1. The molecule has 20 heavy (non-hydrogen) atoms. The standard InChI is InChI=1S/C11H19N3O6/c1-12-10(17)8-6-20-5-3-14(8)11(18)13-2-4-19-7-9(15)16/h8H,2-7H2,1H3,(H,12,17)(H,13,18)(H,15,16). The number of rotatable bonds is 6. The van der Waals surface area contributed by atoms with Gasteiger partial charge < -0.3 is 30.1 Å². The summed E-state index contributed by atoms with van der Waals surface area (Å²) in [6, 6.07) is -1.06. The van der Waals surface area contributed by atoms with Gasteiger partial charge in [0.15, 0.2) is 0 Å². The number of carbonyl (C=O) groups excluding carboxylic acids is 2. The minimum Gasteiger partial charge on any atom is -0.480 e. The Labute approximate surface area is 116 Å². The summed E-state index contributed by atoms with van der Waals surface area (Å²) in [5, 5.41) is 13.4. The SMILES string of the molecule is CNC(=O)C1COCCN1C(=O)NCCOCC(=O)O. The van der Waals surface area contributed by atoms with Crippen LogP contribution in [0.15, 0.2) is 0 Å². The second kappa shape index (κ2) is 8.33. The maximum Gasteiger partial charge on any atom is 0.329 e. The van der Waals surface area contributed by atoms with Crippen molar-refractivity contribution in [1.29, 1.82) is 0 Å². The molecule has 1 rings (SSSR count). The van der Waals surface area contributed by atoms with E-state index in [1.807, 2.05) is 0 Å². The lowest BCUT2D eigenvalue weighted by atomic mass is 10.2. The van der Waals surface area contributed by atoms with Crippen molar-refractivity contribution >= 4 is 17.9 Å². The lowest BCUT2D eigenvalue weighted by molar-refractivity contribution is -0.142. The summed E-state index contributed by atoms with van der Waals surface area (Å²) in [5.74, 6) is -1.36. The number of carboxylic acid groups (broad SMARTS) is 1. The zero-order chi connectivity index (χ0) is 15.0. The van der Waals surface area contributed by atoms with Gasteiger partial charge in [0.05, 0.1) is 19.8 Å². The molecule has 1 unspecified atom stereocenters. The number of carbonyl (C=O) groups is 3. The molecule has 1 fully saturated rings. The second-order valence-electron chi connectivity index (χ2n) is 4.08. The van der Waals surface area contributed by atoms with Crippen molar-refractivity contribution in [2.45, 2.75) is 6.04 Å². The van der Waals surface area contributed by atoms with Gasteiger partial charge in [0.1, 0.15) is 12.6 Å². The van der Waals surface area contributed by atoms with Crippen LogP contribution in [0.4, 0.5) is 4.79 Å². The molecule has 0 aliphatic carbocycles. The number of hydrogen-bond acceptors (Lipinski definition) is 5. The van der Waals surface area contributed by atoms with Gasteiger partial charge in [-0.25, -0.2) is 9.59 Å². The van der Waals surface area contributed by atoms with Crippen molar-refractivity contribution < 1.29 is 29.0 Å². The lowest BCUT2D eigenvalue weighted by Crippen LogP contribution is -2.58. The minimum atomic E-state index is -1.07. The van der Waals surface area contributed by atoms with E-state index in [0.29, 0.717) is 13.2 Å². The summed E-state index contributed by atoms with van der Waals surface area (Å²) in [4.78, 5) is 35.2. The fraction of sp³-hybridized carbons (Fsp3) is 0.727. The fourth-order valence-electron chi connectivity index (χ4n) is 1.72. The van der Waals surface area contributed by atoms with Crippen LogP contribution in [0, 0.1) is 0 Å². The average molecular weight is 289 g/mol. The number of nitrogens with one attached hydrogen (secondary N) is 2. The number of aliphatic carboxylic acids is 1. The van der Waals surface area contributed by atoms with E-state index in [-0.39, 0.29) is 25.7 Å². The van der Waals surface area contributed by atoms with Crippen LogP contribution in [0.1, 0.15) is 0 Å². The summed E-state index contributed by atoms with van der Waals surface area (Å²) in [5.41, 5.74) is 0. The van der Waals surface area contributed by atoms with E-state index in [9.17, 15) is 14.4 Å². The Morgan fingerprint density at radius 1 is 1.45 bits per heavy atom. The molecule has 9 nitrogen and oxygen atoms in total. The van der Waals surface area contributed by atoms with Crippen molar-refractivity contribution in [1.82, 2.24) is 15.5 Å². The van der Waals surface area contributed by atoms with Crippen LogP contribution in [0.3, 0.4) is 0 Å². The van der Waals surface area contributed by atoms with Crippen LogP contribution >= 0.6 is 0 Å². The van der Waals surface area contributed by atoms with Crippen molar-refractivity contribution in [2.24, 2.45) is 0 Å². The molecule has 0 saturated carbocycles. The largest absolute Gasteiger partial charge is 0.480 e. The number of ether oxygens (including phenoxy) is 2. The number of urea groups is 1.